The lowest BCUT2D eigenvalue weighted by molar-refractivity contribution is 0.0838. The van der Waals surface area contributed by atoms with E-state index in [0.29, 0.717) is 11.8 Å². The van der Waals surface area contributed by atoms with E-state index in [1.165, 1.54) is 32.0 Å². The fourth-order valence-electron chi connectivity index (χ4n) is 4.02. The number of nitrogens with zero attached hydrogens (tertiary/aromatic N) is 4. The van der Waals surface area contributed by atoms with E-state index in [4.69, 9.17) is 8.94 Å². The van der Waals surface area contributed by atoms with Gasteiger partial charge in [0.1, 0.15) is 0 Å². The van der Waals surface area contributed by atoms with Gasteiger partial charge in [0.15, 0.2) is 0 Å². The molecular formula is C18H23N5O3. The molecule has 0 bridgehead atoms. The zero-order valence-corrected chi connectivity index (χ0v) is 14.6. The first-order valence-corrected chi connectivity index (χ1v) is 9.52. The molecule has 138 valence electrons. The summed E-state index contributed by atoms with van der Waals surface area (Å²) in [6.45, 7) is 3.31. The summed E-state index contributed by atoms with van der Waals surface area (Å²) in [5, 5.41) is 15.0. The molecule has 2 aromatic heterocycles. The van der Waals surface area contributed by atoms with Gasteiger partial charge in [-0.15, -0.1) is 10.2 Å². The molecule has 3 fully saturated rings. The fraction of sp³-hybridized carbons (Fsp3) is 0.667. The molecule has 0 atom stereocenters. The summed E-state index contributed by atoms with van der Waals surface area (Å²) >= 11 is 0. The molecule has 5 rings (SSSR count). The zero-order valence-electron chi connectivity index (χ0n) is 14.6. The van der Waals surface area contributed by atoms with Crippen LogP contribution in [0, 0.1) is 5.92 Å². The molecule has 2 saturated carbocycles. The fourth-order valence-corrected chi connectivity index (χ4v) is 4.02. The summed E-state index contributed by atoms with van der Waals surface area (Å²) in [6, 6.07) is 1.68. The van der Waals surface area contributed by atoms with Crippen molar-refractivity contribution in [2.45, 2.75) is 50.0 Å². The third kappa shape index (κ3) is 3.02. The predicted octanol–water partition coefficient (Wildman–Crippen LogP) is 1.93. The first-order chi connectivity index (χ1) is 12.7. The van der Waals surface area contributed by atoms with Crippen LogP contribution >= 0.6 is 0 Å². The van der Waals surface area contributed by atoms with Gasteiger partial charge in [-0.05, 0) is 31.6 Å². The highest BCUT2D eigenvalue weighted by Gasteiger charge is 2.38. The second-order valence-corrected chi connectivity index (χ2v) is 7.91. The average molecular weight is 357 g/mol. The van der Waals surface area contributed by atoms with Crippen molar-refractivity contribution in [3.63, 3.8) is 0 Å². The Balaban J connectivity index is 1.08. The van der Waals surface area contributed by atoms with Crippen LogP contribution in [-0.2, 0) is 0 Å². The summed E-state index contributed by atoms with van der Waals surface area (Å²) in [5.74, 6) is 3.04. The second-order valence-electron chi connectivity index (χ2n) is 7.91. The molecule has 8 nitrogen and oxygen atoms in total. The van der Waals surface area contributed by atoms with Gasteiger partial charge in [0.25, 0.3) is 5.91 Å². The Morgan fingerprint density at radius 3 is 2.62 bits per heavy atom. The highest BCUT2D eigenvalue weighted by Crippen LogP contribution is 2.38. The minimum absolute atomic E-state index is 0.120. The maximum Gasteiger partial charge on any atom is 0.290 e. The lowest BCUT2D eigenvalue weighted by Crippen LogP contribution is -2.48. The number of hydrogen-bond acceptors (Lipinski definition) is 7. The van der Waals surface area contributed by atoms with Crippen LogP contribution < -0.4 is 5.32 Å². The molecule has 0 aromatic carbocycles. The van der Waals surface area contributed by atoms with Crippen LogP contribution in [0.5, 0.6) is 0 Å². The van der Waals surface area contributed by atoms with Crippen molar-refractivity contribution < 1.29 is 13.7 Å². The van der Waals surface area contributed by atoms with E-state index in [9.17, 15) is 4.79 Å². The molecule has 1 saturated heterocycles. The Bertz CT molecular complexity index is 758. The lowest BCUT2D eigenvalue weighted by atomic mass is 9.80. The molecule has 26 heavy (non-hydrogen) atoms. The summed E-state index contributed by atoms with van der Waals surface area (Å²) in [5.41, 5.74) is 0. The van der Waals surface area contributed by atoms with Crippen molar-refractivity contribution in [1.29, 1.82) is 0 Å². The van der Waals surface area contributed by atoms with Gasteiger partial charge in [-0.3, -0.25) is 4.79 Å². The van der Waals surface area contributed by atoms with Crippen molar-refractivity contribution >= 4 is 5.91 Å². The van der Waals surface area contributed by atoms with Crippen LogP contribution in [0.15, 0.2) is 21.2 Å². The number of hydrogen-bond donors (Lipinski definition) is 1. The number of carbonyl (C=O) groups is 1. The van der Waals surface area contributed by atoms with E-state index >= 15 is 0 Å². The Labute approximate surface area is 151 Å². The van der Waals surface area contributed by atoms with Crippen molar-refractivity contribution in [2.24, 2.45) is 5.92 Å². The van der Waals surface area contributed by atoms with Crippen LogP contribution in [0.25, 0.3) is 0 Å². The minimum atomic E-state index is -0.224. The van der Waals surface area contributed by atoms with Crippen molar-refractivity contribution in [3.8, 4) is 0 Å². The smallest absolute Gasteiger partial charge is 0.290 e. The van der Waals surface area contributed by atoms with Crippen LogP contribution in [0.3, 0.4) is 0 Å². The van der Waals surface area contributed by atoms with Crippen LogP contribution in [0.2, 0.25) is 0 Å². The second kappa shape index (κ2) is 6.50. The number of rotatable bonds is 6. The number of amides is 1. The normalized spacial score (nSPS) is 26.8. The molecule has 3 heterocycles. The largest absolute Gasteiger partial charge is 0.425 e. The van der Waals surface area contributed by atoms with Gasteiger partial charge < -0.3 is 19.2 Å². The molecule has 1 amide bonds. The highest BCUT2D eigenvalue weighted by atomic mass is 16.5. The van der Waals surface area contributed by atoms with Crippen LogP contribution in [0.1, 0.15) is 66.3 Å². The molecule has 8 heteroatoms. The Morgan fingerprint density at radius 2 is 1.96 bits per heavy atom. The number of likely N-dealkylation sites (tertiary alicyclic amines) is 1. The van der Waals surface area contributed by atoms with Crippen molar-refractivity contribution in [3.05, 3.63) is 29.8 Å². The van der Waals surface area contributed by atoms with E-state index in [1.54, 1.807) is 6.07 Å². The highest BCUT2D eigenvalue weighted by molar-refractivity contribution is 5.91. The summed E-state index contributed by atoms with van der Waals surface area (Å²) in [7, 11) is 0. The molecule has 0 spiro atoms. The third-order valence-corrected chi connectivity index (χ3v) is 5.99. The summed E-state index contributed by atoms with van der Waals surface area (Å²) < 4.78 is 10.8. The molecule has 2 aliphatic carbocycles. The van der Waals surface area contributed by atoms with Gasteiger partial charge in [-0.25, -0.2) is 0 Å². The van der Waals surface area contributed by atoms with Crippen LogP contribution in [-0.4, -0.2) is 51.8 Å². The number of nitrogens with one attached hydrogen (secondary N) is 1. The van der Waals surface area contributed by atoms with Gasteiger partial charge in [0, 0.05) is 37.7 Å². The maximum absolute atomic E-state index is 11.9. The zero-order chi connectivity index (χ0) is 17.5. The molecule has 1 N–H and O–H groups in total. The van der Waals surface area contributed by atoms with Gasteiger partial charge in [-0.2, -0.15) is 0 Å². The van der Waals surface area contributed by atoms with E-state index in [-0.39, 0.29) is 23.6 Å². The van der Waals surface area contributed by atoms with Gasteiger partial charge in [0.2, 0.25) is 17.5 Å². The summed E-state index contributed by atoms with van der Waals surface area (Å²) in [4.78, 5) is 14.4. The average Bonchev–Trinajstić information content (AvgIpc) is 3.18. The van der Waals surface area contributed by atoms with Gasteiger partial charge in [0.05, 0.1) is 12.1 Å². The predicted molar refractivity (Wildman–Crippen MR) is 90.6 cm³/mol. The van der Waals surface area contributed by atoms with E-state index in [0.717, 1.165) is 37.7 Å². The molecule has 3 aliphatic rings. The molecule has 2 aromatic rings. The monoisotopic (exact) mass is 357 g/mol. The minimum Gasteiger partial charge on any atom is -0.425 e. The Hall–Kier alpha value is -2.22. The number of carbonyl (C=O) groups excluding carboxylic acids is 1. The first-order valence-electron chi connectivity index (χ1n) is 9.52. The van der Waals surface area contributed by atoms with Gasteiger partial charge >= 0.3 is 0 Å². The summed E-state index contributed by atoms with van der Waals surface area (Å²) in [6.07, 6.45) is 7.28. The first kappa shape index (κ1) is 16.0. The van der Waals surface area contributed by atoms with Crippen molar-refractivity contribution in [1.82, 2.24) is 25.6 Å². The van der Waals surface area contributed by atoms with Crippen molar-refractivity contribution in [2.75, 3.05) is 19.6 Å². The SMILES string of the molecule is O=C(NC1CC(c2nnc(C3CN(CC4CCC4)C3)o2)C1)c1ccno1. The third-order valence-electron chi connectivity index (χ3n) is 5.99. The Morgan fingerprint density at radius 1 is 1.19 bits per heavy atom. The maximum atomic E-state index is 11.9. The van der Waals surface area contributed by atoms with Gasteiger partial charge in [-0.1, -0.05) is 11.6 Å². The Kier molecular flexibility index (Phi) is 4.00. The number of aromatic nitrogens is 3. The lowest BCUT2D eigenvalue weighted by Gasteiger charge is -2.41. The molecule has 0 unspecified atom stereocenters. The topological polar surface area (TPSA) is 97.3 Å². The van der Waals surface area contributed by atoms with Crippen LogP contribution in [0.4, 0.5) is 0 Å². The van der Waals surface area contributed by atoms with E-state index in [1.807, 2.05) is 0 Å². The quantitative estimate of drug-likeness (QED) is 0.843. The molecule has 0 radical (unpaired) electrons. The molecule has 1 aliphatic heterocycles. The molecular weight excluding hydrogens is 334 g/mol. The van der Waals surface area contributed by atoms with E-state index in [2.05, 4.69) is 25.6 Å². The van der Waals surface area contributed by atoms with E-state index < -0.39 is 0 Å². The standard InChI is InChI=1S/C18H23N5O3/c24-16(15-4-5-19-26-15)20-14-6-12(7-14)17-21-22-18(25-17)13-9-23(10-13)8-11-2-1-3-11/h4-5,11-14H,1-3,6-10H2,(H,20,24).